The molecule has 2 aromatic heterocycles. The van der Waals surface area contributed by atoms with Gasteiger partial charge in [-0.1, -0.05) is 6.92 Å². The number of rotatable bonds is 4. The summed E-state index contributed by atoms with van der Waals surface area (Å²) < 4.78 is 1.72. The molecule has 0 spiro atoms. The van der Waals surface area contributed by atoms with Crippen molar-refractivity contribution in [2.45, 2.75) is 26.7 Å². The van der Waals surface area contributed by atoms with Crippen LogP contribution in [0.25, 0.3) is 0 Å². The summed E-state index contributed by atoms with van der Waals surface area (Å²) >= 11 is 1.60. The van der Waals surface area contributed by atoms with Crippen LogP contribution in [0, 0.1) is 13.8 Å². The van der Waals surface area contributed by atoms with Gasteiger partial charge in [-0.2, -0.15) is 0 Å². The summed E-state index contributed by atoms with van der Waals surface area (Å²) in [4.78, 5) is 28.2. The normalized spacial score (nSPS) is 12.2. The minimum absolute atomic E-state index is 0.148. The van der Waals surface area contributed by atoms with E-state index in [4.69, 9.17) is 0 Å². The number of thiazole rings is 1. The minimum atomic E-state index is -0.238. The van der Waals surface area contributed by atoms with E-state index in [1.807, 2.05) is 19.2 Å². The zero-order valence-electron chi connectivity index (χ0n) is 12.6. The highest BCUT2D eigenvalue weighted by molar-refractivity contribution is 7.09. The van der Waals surface area contributed by atoms with Crippen molar-refractivity contribution >= 4 is 17.2 Å². The molecule has 0 bridgehead atoms. The number of nitrogens with zero attached hydrogens (tertiary/aromatic N) is 2. The van der Waals surface area contributed by atoms with Crippen molar-refractivity contribution in [2.75, 3.05) is 6.54 Å². The standard InChI is InChI=1S/C15H19N3O2S/c1-9(15-17-10(2)8-21-15)7-16-14(20)13-6-12(19)5-11(3)18(13)4/h5-6,8-9H,7H2,1-4H3,(H,16,20). The Kier molecular flexibility index (Phi) is 4.57. The van der Waals surface area contributed by atoms with Crippen LogP contribution in [0.3, 0.4) is 0 Å². The lowest BCUT2D eigenvalue weighted by Gasteiger charge is -2.13. The Bertz CT molecular complexity index is 718. The summed E-state index contributed by atoms with van der Waals surface area (Å²) in [7, 11) is 1.78. The Balaban J connectivity index is 2.07. The average molecular weight is 305 g/mol. The van der Waals surface area contributed by atoms with Crippen LogP contribution in [-0.4, -0.2) is 22.0 Å². The first kappa shape index (κ1) is 15.4. The number of pyridine rings is 1. The van der Waals surface area contributed by atoms with E-state index < -0.39 is 0 Å². The lowest BCUT2D eigenvalue weighted by Crippen LogP contribution is -2.31. The first-order valence-corrected chi connectivity index (χ1v) is 7.64. The molecule has 2 aromatic rings. The number of hydrogen-bond donors (Lipinski definition) is 1. The van der Waals surface area contributed by atoms with Crippen LogP contribution in [0.4, 0.5) is 0 Å². The van der Waals surface area contributed by atoms with Gasteiger partial charge >= 0.3 is 0 Å². The van der Waals surface area contributed by atoms with Crippen LogP contribution < -0.4 is 10.7 Å². The minimum Gasteiger partial charge on any atom is -0.350 e. The van der Waals surface area contributed by atoms with Gasteiger partial charge in [0.1, 0.15) is 5.69 Å². The number of carbonyl (C=O) groups is 1. The van der Waals surface area contributed by atoms with E-state index in [-0.39, 0.29) is 17.3 Å². The van der Waals surface area contributed by atoms with Crippen LogP contribution in [0.2, 0.25) is 0 Å². The second-order valence-corrected chi connectivity index (χ2v) is 6.10. The summed E-state index contributed by atoms with van der Waals surface area (Å²) in [5.41, 5.74) is 1.98. The van der Waals surface area contributed by atoms with Gasteiger partial charge in [0.2, 0.25) is 0 Å². The van der Waals surface area contributed by atoms with Crippen molar-refractivity contribution in [2.24, 2.45) is 7.05 Å². The predicted molar refractivity (Wildman–Crippen MR) is 84.0 cm³/mol. The van der Waals surface area contributed by atoms with Gasteiger partial charge in [0.25, 0.3) is 5.91 Å². The molecule has 5 nitrogen and oxygen atoms in total. The number of aryl methyl sites for hydroxylation is 2. The van der Waals surface area contributed by atoms with Crippen molar-refractivity contribution in [3.63, 3.8) is 0 Å². The van der Waals surface area contributed by atoms with E-state index in [0.29, 0.717) is 12.2 Å². The third-order valence-electron chi connectivity index (χ3n) is 3.38. The molecule has 1 atom stereocenters. The van der Waals surface area contributed by atoms with Crippen molar-refractivity contribution in [1.82, 2.24) is 14.9 Å². The first-order chi connectivity index (χ1) is 9.88. The van der Waals surface area contributed by atoms with Crippen molar-refractivity contribution < 1.29 is 4.79 Å². The lowest BCUT2D eigenvalue weighted by atomic mass is 10.2. The molecule has 0 saturated carbocycles. The second kappa shape index (κ2) is 6.22. The molecule has 0 saturated heterocycles. The Morgan fingerprint density at radius 2 is 2.14 bits per heavy atom. The predicted octanol–water partition coefficient (Wildman–Crippen LogP) is 1.99. The van der Waals surface area contributed by atoms with E-state index >= 15 is 0 Å². The van der Waals surface area contributed by atoms with E-state index in [9.17, 15) is 9.59 Å². The highest BCUT2D eigenvalue weighted by atomic mass is 32.1. The Morgan fingerprint density at radius 3 is 2.76 bits per heavy atom. The fraction of sp³-hybridized carbons (Fsp3) is 0.400. The van der Waals surface area contributed by atoms with Gasteiger partial charge in [-0.15, -0.1) is 11.3 Å². The number of aromatic nitrogens is 2. The fourth-order valence-corrected chi connectivity index (χ4v) is 2.86. The maximum atomic E-state index is 12.2. The zero-order chi connectivity index (χ0) is 15.6. The van der Waals surface area contributed by atoms with E-state index in [0.717, 1.165) is 16.4 Å². The first-order valence-electron chi connectivity index (χ1n) is 6.76. The molecular weight excluding hydrogens is 286 g/mol. The van der Waals surface area contributed by atoms with E-state index in [1.165, 1.54) is 12.1 Å². The van der Waals surface area contributed by atoms with E-state index in [1.54, 1.807) is 29.9 Å². The summed E-state index contributed by atoms with van der Waals surface area (Å²) in [6.45, 7) is 6.27. The van der Waals surface area contributed by atoms with Crippen LogP contribution in [0.5, 0.6) is 0 Å². The molecule has 0 fully saturated rings. The molecule has 0 aliphatic rings. The Labute approximate surface area is 127 Å². The van der Waals surface area contributed by atoms with Gasteiger partial charge in [0, 0.05) is 48.4 Å². The van der Waals surface area contributed by atoms with Crippen LogP contribution >= 0.6 is 11.3 Å². The molecule has 0 aromatic carbocycles. The molecule has 1 amide bonds. The quantitative estimate of drug-likeness (QED) is 0.939. The highest BCUT2D eigenvalue weighted by Gasteiger charge is 2.14. The molecule has 0 aliphatic carbocycles. The monoisotopic (exact) mass is 305 g/mol. The highest BCUT2D eigenvalue weighted by Crippen LogP contribution is 2.18. The van der Waals surface area contributed by atoms with Crippen molar-refractivity contribution in [1.29, 1.82) is 0 Å². The van der Waals surface area contributed by atoms with Crippen LogP contribution in [0.1, 0.15) is 39.7 Å². The molecule has 1 N–H and O–H groups in total. The zero-order valence-corrected chi connectivity index (χ0v) is 13.5. The SMILES string of the molecule is Cc1csc(C(C)CNC(=O)c2cc(=O)cc(C)n2C)n1. The topological polar surface area (TPSA) is 64.0 Å². The smallest absolute Gasteiger partial charge is 0.268 e. The third kappa shape index (κ3) is 3.58. The molecule has 21 heavy (non-hydrogen) atoms. The maximum Gasteiger partial charge on any atom is 0.268 e. The maximum absolute atomic E-state index is 12.2. The van der Waals surface area contributed by atoms with Crippen LogP contribution in [0.15, 0.2) is 22.3 Å². The lowest BCUT2D eigenvalue weighted by molar-refractivity contribution is 0.0942. The molecule has 2 heterocycles. The number of amides is 1. The fourth-order valence-electron chi connectivity index (χ4n) is 2.01. The second-order valence-electron chi connectivity index (χ2n) is 5.21. The number of carbonyl (C=O) groups excluding carboxylic acids is 1. The van der Waals surface area contributed by atoms with Gasteiger partial charge in [0.15, 0.2) is 5.43 Å². The van der Waals surface area contributed by atoms with E-state index in [2.05, 4.69) is 10.3 Å². The summed E-state index contributed by atoms with van der Waals surface area (Å²) in [5, 5.41) is 5.87. The average Bonchev–Trinajstić information content (AvgIpc) is 2.86. The van der Waals surface area contributed by atoms with Gasteiger partial charge in [-0.3, -0.25) is 9.59 Å². The third-order valence-corrected chi connectivity index (χ3v) is 4.57. The van der Waals surface area contributed by atoms with Crippen molar-refractivity contribution in [3.8, 4) is 0 Å². The number of nitrogens with one attached hydrogen (secondary N) is 1. The summed E-state index contributed by atoms with van der Waals surface area (Å²) in [5.74, 6) is -0.0899. The molecule has 112 valence electrons. The number of hydrogen-bond acceptors (Lipinski definition) is 4. The van der Waals surface area contributed by atoms with Gasteiger partial charge < -0.3 is 9.88 Å². The Morgan fingerprint density at radius 1 is 1.43 bits per heavy atom. The largest absolute Gasteiger partial charge is 0.350 e. The molecule has 2 rings (SSSR count). The van der Waals surface area contributed by atoms with Gasteiger partial charge in [-0.05, 0) is 13.8 Å². The summed E-state index contributed by atoms with van der Waals surface area (Å²) in [6.07, 6.45) is 0. The van der Waals surface area contributed by atoms with Gasteiger partial charge in [0.05, 0.1) is 5.01 Å². The Hall–Kier alpha value is -1.95. The van der Waals surface area contributed by atoms with Crippen molar-refractivity contribution in [3.05, 3.63) is 49.8 Å². The molecule has 0 radical (unpaired) electrons. The van der Waals surface area contributed by atoms with Gasteiger partial charge in [-0.25, -0.2) is 4.98 Å². The molecule has 1 unspecified atom stereocenters. The summed E-state index contributed by atoms with van der Waals surface area (Å²) in [6, 6.07) is 2.87. The molecular formula is C15H19N3O2S. The molecule has 6 heteroatoms. The van der Waals surface area contributed by atoms with Crippen LogP contribution in [-0.2, 0) is 7.05 Å². The molecule has 0 aliphatic heterocycles.